The number of amides is 2. The van der Waals surface area contributed by atoms with E-state index < -0.39 is 0 Å². The molecular formula is C22H35N3O4. The van der Waals surface area contributed by atoms with Crippen molar-refractivity contribution in [2.24, 2.45) is 0 Å². The summed E-state index contributed by atoms with van der Waals surface area (Å²) in [4.78, 5) is 37.7. The molecule has 0 saturated heterocycles. The summed E-state index contributed by atoms with van der Waals surface area (Å²) in [5.74, 6) is -0.0564. The zero-order valence-corrected chi connectivity index (χ0v) is 17.2. The van der Waals surface area contributed by atoms with Crippen LogP contribution in [0.4, 0.5) is 0 Å². The molecule has 1 N–H and O–H groups in total. The van der Waals surface area contributed by atoms with Crippen molar-refractivity contribution >= 4 is 18.1 Å². The maximum atomic E-state index is 12.1. The minimum atomic E-state index is -0.101. The molecule has 1 aromatic rings. The highest BCUT2D eigenvalue weighted by molar-refractivity contribution is 5.91. The van der Waals surface area contributed by atoms with Crippen LogP contribution in [0.2, 0.25) is 0 Å². The van der Waals surface area contributed by atoms with Gasteiger partial charge in [-0.05, 0) is 24.5 Å². The number of likely N-dealkylation sites (N-methyl/N-ethyl adjacent to an activating group) is 1. The molecule has 162 valence electrons. The fraction of sp³-hybridized carbons (Fsp3) is 0.500. The molecule has 0 atom stereocenters. The fourth-order valence-electron chi connectivity index (χ4n) is 2.43. The summed E-state index contributed by atoms with van der Waals surface area (Å²) in [7, 11) is 5.21. The van der Waals surface area contributed by atoms with Crippen LogP contribution in [0.5, 0.6) is 0 Å². The Morgan fingerprint density at radius 1 is 1.14 bits per heavy atom. The van der Waals surface area contributed by atoms with E-state index in [0.29, 0.717) is 32.5 Å². The van der Waals surface area contributed by atoms with Crippen LogP contribution in [0, 0.1) is 0 Å². The average molecular weight is 406 g/mol. The lowest BCUT2D eigenvalue weighted by molar-refractivity contribution is -0.135. The highest BCUT2D eigenvalue weighted by atomic mass is 16.5. The van der Waals surface area contributed by atoms with Gasteiger partial charge in [-0.1, -0.05) is 31.7 Å². The van der Waals surface area contributed by atoms with Gasteiger partial charge in [0.25, 0.3) is 0 Å². The van der Waals surface area contributed by atoms with E-state index in [-0.39, 0.29) is 25.7 Å². The number of nitrogens with one attached hydrogen (secondary N) is 1. The van der Waals surface area contributed by atoms with Gasteiger partial charge in [0.1, 0.15) is 6.61 Å². The first-order chi connectivity index (χ1) is 13.3. The average Bonchev–Trinajstić information content (AvgIpc) is 2.68. The predicted molar refractivity (Wildman–Crippen MR) is 115 cm³/mol. The number of ketones is 1. The van der Waals surface area contributed by atoms with Crippen LogP contribution < -0.4 is 5.32 Å². The minimum Gasteiger partial charge on any atom is -0.392 e. The second-order valence-electron chi connectivity index (χ2n) is 6.78. The van der Waals surface area contributed by atoms with Crippen molar-refractivity contribution in [2.75, 3.05) is 40.9 Å². The standard InChI is InChI=1S/C21H31N3O4.CH4/c1-17(22-2)12-20(26)13-18-6-8-19(9-7-18)14-24(4)21(27)15-28-11-5-10-23(3)16-25;/h6-9,12,16,22H,5,10-11,13-15H2,1-4H3;1H4/b17-12-;. The van der Waals surface area contributed by atoms with E-state index in [2.05, 4.69) is 5.32 Å². The topological polar surface area (TPSA) is 79.0 Å². The molecule has 0 aliphatic heterocycles. The Labute approximate surface area is 174 Å². The third-order valence-electron chi connectivity index (χ3n) is 4.22. The number of ether oxygens (including phenoxy) is 1. The van der Waals surface area contributed by atoms with Gasteiger partial charge in [-0.15, -0.1) is 0 Å². The first kappa shape index (κ1) is 26.3. The first-order valence-corrected chi connectivity index (χ1v) is 9.29. The number of carbonyl (C=O) groups is 3. The van der Waals surface area contributed by atoms with E-state index in [4.69, 9.17) is 4.74 Å². The smallest absolute Gasteiger partial charge is 0.248 e. The van der Waals surface area contributed by atoms with Crippen molar-refractivity contribution in [2.45, 2.75) is 33.7 Å². The number of nitrogens with zero attached hydrogens (tertiary/aromatic N) is 2. The lowest BCUT2D eigenvalue weighted by Crippen LogP contribution is -2.30. The monoisotopic (exact) mass is 405 g/mol. The van der Waals surface area contributed by atoms with Crippen molar-refractivity contribution in [1.29, 1.82) is 0 Å². The molecule has 0 aromatic heterocycles. The Morgan fingerprint density at radius 2 is 1.76 bits per heavy atom. The van der Waals surface area contributed by atoms with Gasteiger partial charge in [-0.3, -0.25) is 14.4 Å². The lowest BCUT2D eigenvalue weighted by atomic mass is 10.1. The summed E-state index contributed by atoms with van der Waals surface area (Å²) in [6.45, 7) is 3.38. The number of hydrogen-bond donors (Lipinski definition) is 1. The normalized spacial score (nSPS) is 10.7. The molecule has 0 spiro atoms. The maximum absolute atomic E-state index is 12.1. The number of allylic oxidation sites excluding steroid dienone is 2. The van der Waals surface area contributed by atoms with Crippen molar-refractivity contribution in [3.05, 3.63) is 47.2 Å². The van der Waals surface area contributed by atoms with Gasteiger partial charge in [0.2, 0.25) is 12.3 Å². The number of carbonyl (C=O) groups excluding carboxylic acids is 3. The van der Waals surface area contributed by atoms with Gasteiger partial charge in [0.05, 0.1) is 0 Å². The van der Waals surface area contributed by atoms with Gasteiger partial charge in [0, 0.05) is 59.0 Å². The molecule has 0 unspecified atom stereocenters. The molecule has 7 heteroatoms. The van der Waals surface area contributed by atoms with E-state index in [1.807, 2.05) is 31.2 Å². The van der Waals surface area contributed by atoms with Crippen molar-refractivity contribution in [3.63, 3.8) is 0 Å². The predicted octanol–water partition coefficient (Wildman–Crippen LogP) is 2.01. The third kappa shape index (κ3) is 11.0. The zero-order chi connectivity index (χ0) is 20.9. The molecule has 0 aliphatic carbocycles. The molecule has 0 aliphatic rings. The molecule has 1 rings (SSSR count). The Morgan fingerprint density at radius 3 is 2.34 bits per heavy atom. The molecule has 1 aromatic carbocycles. The van der Waals surface area contributed by atoms with Crippen molar-refractivity contribution in [1.82, 2.24) is 15.1 Å². The number of benzene rings is 1. The highest BCUT2D eigenvalue weighted by Gasteiger charge is 2.10. The van der Waals surface area contributed by atoms with Gasteiger partial charge >= 0.3 is 0 Å². The third-order valence-corrected chi connectivity index (χ3v) is 4.22. The fourth-order valence-corrected chi connectivity index (χ4v) is 2.43. The van der Waals surface area contributed by atoms with Crippen LogP contribution >= 0.6 is 0 Å². The highest BCUT2D eigenvalue weighted by Crippen LogP contribution is 2.09. The molecule has 7 nitrogen and oxygen atoms in total. The van der Waals surface area contributed by atoms with Gasteiger partial charge in [-0.25, -0.2) is 0 Å². The quantitative estimate of drug-likeness (QED) is 0.309. The Hall–Kier alpha value is -2.67. The van der Waals surface area contributed by atoms with E-state index in [0.717, 1.165) is 23.2 Å². The summed E-state index contributed by atoms with van der Waals surface area (Å²) in [5, 5.41) is 2.93. The summed E-state index contributed by atoms with van der Waals surface area (Å²) in [5.41, 5.74) is 2.76. The Kier molecular flexibility index (Phi) is 13.0. The van der Waals surface area contributed by atoms with Gasteiger partial charge in [0.15, 0.2) is 5.78 Å². The van der Waals surface area contributed by atoms with Crippen LogP contribution in [0.25, 0.3) is 0 Å². The van der Waals surface area contributed by atoms with Crippen LogP contribution in [-0.4, -0.2) is 68.8 Å². The second-order valence-corrected chi connectivity index (χ2v) is 6.78. The Bertz CT molecular complexity index is 671. The van der Waals surface area contributed by atoms with Crippen molar-refractivity contribution in [3.8, 4) is 0 Å². The zero-order valence-electron chi connectivity index (χ0n) is 17.2. The molecule has 0 heterocycles. The summed E-state index contributed by atoms with van der Waals surface area (Å²) < 4.78 is 5.37. The van der Waals surface area contributed by atoms with Crippen molar-refractivity contribution < 1.29 is 19.1 Å². The van der Waals surface area contributed by atoms with E-state index in [9.17, 15) is 14.4 Å². The van der Waals surface area contributed by atoms with Gasteiger partial charge < -0.3 is 19.9 Å². The lowest BCUT2D eigenvalue weighted by Gasteiger charge is -2.18. The van der Waals surface area contributed by atoms with Gasteiger partial charge in [-0.2, -0.15) is 0 Å². The summed E-state index contributed by atoms with van der Waals surface area (Å²) in [6, 6.07) is 7.68. The summed E-state index contributed by atoms with van der Waals surface area (Å²) >= 11 is 0. The first-order valence-electron chi connectivity index (χ1n) is 9.29. The maximum Gasteiger partial charge on any atom is 0.248 e. The van der Waals surface area contributed by atoms with Crippen LogP contribution in [-0.2, 0) is 32.1 Å². The molecule has 2 amide bonds. The molecule has 0 radical (unpaired) electrons. The van der Waals surface area contributed by atoms with E-state index in [1.54, 1.807) is 32.1 Å². The largest absolute Gasteiger partial charge is 0.392 e. The number of hydrogen-bond acceptors (Lipinski definition) is 5. The second kappa shape index (κ2) is 14.3. The molecule has 0 fully saturated rings. The molecular weight excluding hydrogens is 370 g/mol. The molecule has 0 bridgehead atoms. The Balaban J connectivity index is 0.00000784. The van der Waals surface area contributed by atoms with Crippen LogP contribution in [0.15, 0.2) is 36.0 Å². The molecule has 29 heavy (non-hydrogen) atoms. The van der Waals surface area contributed by atoms with Crippen LogP contribution in [0.3, 0.4) is 0 Å². The number of rotatable bonds is 13. The summed E-state index contributed by atoms with van der Waals surface area (Å²) in [6.07, 6.45) is 3.40. The SMILES string of the molecule is C.CN/C(C)=C\C(=O)Cc1ccc(CN(C)C(=O)COCCCN(C)C=O)cc1. The van der Waals surface area contributed by atoms with Crippen LogP contribution in [0.1, 0.15) is 31.9 Å². The minimum absolute atomic E-state index is 0. The van der Waals surface area contributed by atoms with E-state index in [1.165, 1.54) is 4.90 Å². The van der Waals surface area contributed by atoms with E-state index >= 15 is 0 Å². The molecule has 0 saturated carbocycles.